The molecule has 7 nitrogen and oxygen atoms in total. The predicted molar refractivity (Wildman–Crippen MR) is 124 cm³/mol. The van der Waals surface area contributed by atoms with E-state index in [2.05, 4.69) is 10.0 Å². The zero-order valence-electron chi connectivity index (χ0n) is 17.5. The third-order valence-electron chi connectivity index (χ3n) is 5.26. The Labute approximate surface area is 187 Å². The summed E-state index contributed by atoms with van der Waals surface area (Å²) in [5.74, 6) is -0.303. The van der Waals surface area contributed by atoms with E-state index in [1.807, 2.05) is 13.0 Å². The lowest BCUT2D eigenvalue weighted by molar-refractivity contribution is -0.117. The molecule has 3 aromatic rings. The van der Waals surface area contributed by atoms with Crippen LogP contribution in [0.15, 0.2) is 77.7 Å². The van der Waals surface area contributed by atoms with E-state index >= 15 is 0 Å². The first kappa shape index (κ1) is 21.6. The molecular weight excluding hydrogens is 426 g/mol. The van der Waals surface area contributed by atoms with Crippen molar-refractivity contribution >= 4 is 38.9 Å². The van der Waals surface area contributed by atoms with Crippen molar-refractivity contribution in [1.29, 1.82) is 0 Å². The SMILES string of the molecule is Cc1ccc(NC(=O)c2cccc(NS(=O)(=O)c3ccccc3)c2)cc1N1CCCC1=O. The Kier molecular flexibility index (Phi) is 5.96. The second-order valence-electron chi connectivity index (χ2n) is 7.60. The van der Waals surface area contributed by atoms with Gasteiger partial charge in [-0.15, -0.1) is 0 Å². The van der Waals surface area contributed by atoms with E-state index in [1.54, 1.807) is 53.4 Å². The molecule has 1 saturated heterocycles. The molecule has 2 amide bonds. The molecule has 3 aromatic carbocycles. The number of rotatable bonds is 6. The van der Waals surface area contributed by atoms with Gasteiger partial charge in [0.2, 0.25) is 5.91 Å². The molecular formula is C24H23N3O4S. The predicted octanol–water partition coefficient (Wildman–Crippen LogP) is 4.17. The summed E-state index contributed by atoms with van der Waals surface area (Å²) in [7, 11) is -3.76. The van der Waals surface area contributed by atoms with Crippen molar-refractivity contribution in [2.45, 2.75) is 24.7 Å². The summed E-state index contributed by atoms with van der Waals surface area (Å²) in [4.78, 5) is 26.8. The Balaban J connectivity index is 1.52. The summed E-state index contributed by atoms with van der Waals surface area (Å²) in [6.45, 7) is 2.59. The van der Waals surface area contributed by atoms with E-state index < -0.39 is 10.0 Å². The number of sulfonamides is 1. The van der Waals surface area contributed by atoms with Crippen LogP contribution in [0.4, 0.5) is 17.1 Å². The fourth-order valence-corrected chi connectivity index (χ4v) is 4.69. The smallest absolute Gasteiger partial charge is 0.261 e. The molecule has 1 aliphatic heterocycles. The van der Waals surface area contributed by atoms with E-state index in [0.717, 1.165) is 17.7 Å². The summed E-state index contributed by atoms with van der Waals surface area (Å²) >= 11 is 0. The second kappa shape index (κ2) is 8.84. The van der Waals surface area contributed by atoms with Crippen LogP contribution in [0.1, 0.15) is 28.8 Å². The normalized spacial score (nSPS) is 13.8. The maximum atomic E-state index is 12.8. The van der Waals surface area contributed by atoms with Gasteiger partial charge in [-0.1, -0.05) is 30.3 Å². The number of hydrogen-bond acceptors (Lipinski definition) is 4. The van der Waals surface area contributed by atoms with Crippen molar-refractivity contribution in [2.75, 3.05) is 21.5 Å². The Morgan fingerprint density at radius 2 is 1.72 bits per heavy atom. The minimum atomic E-state index is -3.76. The lowest BCUT2D eigenvalue weighted by Gasteiger charge is -2.19. The molecule has 0 bridgehead atoms. The van der Waals surface area contributed by atoms with Gasteiger partial charge in [0.1, 0.15) is 0 Å². The number of amides is 2. The molecule has 0 aromatic heterocycles. The third-order valence-corrected chi connectivity index (χ3v) is 6.66. The van der Waals surface area contributed by atoms with Gasteiger partial charge in [0.15, 0.2) is 0 Å². The van der Waals surface area contributed by atoms with Gasteiger partial charge < -0.3 is 10.2 Å². The van der Waals surface area contributed by atoms with Crippen LogP contribution in [0.25, 0.3) is 0 Å². The van der Waals surface area contributed by atoms with Crippen molar-refractivity contribution in [1.82, 2.24) is 0 Å². The van der Waals surface area contributed by atoms with Crippen LogP contribution in [-0.2, 0) is 14.8 Å². The highest BCUT2D eigenvalue weighted by Gasteiger charge is 2.23. The van der Waals surface area contributed by atoms with E-state index in [1.165, 1.54) is 18.2 Å². The van der Waals surface area contributed by atoms with Crippen LogP contribution in [0.2, 0.25) is 0 Å². The molecule has 4 rings (SSSR count). The number of carbonyl (C=O) groups is 2. The van der Waals surface area contributed by atoms with Gasteiger partial charge >= 0.3 is 0 Å². The highest BCUT2D eigenvalue weighted by molar-refractivity contribution is 7.92. The zero-order valence-corrected chi connectivity index (χ0v) is 18.4. The van der Waals surface area contributed by atoms with E-state index in [9.17, 15) is 18.0 Å². The largest absolute Gasteiger partial charge is 0.322 e. The number of hydrogen-bond donors (Lipinski definition) is 2. The molecule has 0 radical (unpaired) electrons. The molecule has 164 valence electrons. The van der Waals surface area contributed by atoms with E-state index in [4.69, 9.17) is 0 Å². The van der Waals surface area contributed by atoms with Crippen LogP contribution in [0.3, 0.4) is 0 Å². The van der Waals surface area contributed by atoms with Crippen LogP contribution in [-0.4, -0.2) is 26.8 Å². The van der Waals surface area contributed by atoms with Gasteiger partial charge in [0.05, 0.1) is 4.90 Å². The zero-order chi connectivity index (χ0) is 22.7. The number of aryl methyl sites for hydroxylation is 1. The third kappa shape index (κ3) is 4.65. The molecule has 0 saturated carbocycles. The van der Waals surface area contributed by atoms with Gasteiger partial charge in [0.25, 0.3) is 15.9 Å². The standard InChI is InChI=1S/C24H23N3O4S/c1-17-12-13-19(16-22(17)27-14-6-11-23(27)28)25-24(29)18-7-5-8-20(15-18)26-32(30,31)21-9-3-2-4-10-21/h2-5,7-10,12-13,15-16,26H,6,11,14H2,1H3,(H,25,29). The highest BCUT2D eigenvalue weighted by atomic mass is 32.2. The van der Waals surface area contributed by atoms with Crippen molar-refractivity contribution in [3.8, 4) is 0 Å². The first-order valence-corrected chi connectivity index (χ1v) is 11.7. The van der Waals surface area contributed by atoms with Gasteiger partial charge in [0, 0.05) is 35.6 Å². The molecule has 32 heavy (non-hydrogen) atoms. The molecule has 1 fully saturated rings. The Hall–Kier alpha value is -3.65. The fraction of sp³-hybridized carbons (Fsp3) is 0.167. The lowest BCUT2D eigenvalue weighted by Crippen LogP contribution is -2.24. The summed E-state index contributed by atoms with van der Waals surface area (Å²) < 4.78 is 27.6. The minimum absolute atomic E-state index is 0.0787. The van der Waals surface area contributed by atoms with Gasteiger partial charge in [-0.2, -0.15) is 0 Å². The molecule has 8 heteroatoms. The van der Waals surface area contributed by atoms with E-state index in [-0.39, 0.29) is 22.4 Å². The number of carbonyl (C=O) groups excluding carboxylic acids is 2. The molecule has 1 heterocycles. The number of nitrogens with zero attached hydrogens (tertiary/aromatic N) is 1. The Bertz CT molecular complexity index is 1270. The monoisotopic (exact) mass is 449 g/mol. The molecule has 2 N–H and O–H groups in total. The minimum Gasteiger partial charge on any atom is -0.322 e. The van der Waals surface area contributed by atoms with Crippen LogP contribution in [0.5, 0.6) is 0 Å². The second-order valence-corrected chi connectivity index (χ2v) is 9.29. The van der Waals surface area contributed by atoms with Crippen LogP contribution in [0, 0.1) is 6.92 Å². The fourth-order valence-electron chi connectivity index (χ4n) is 3.62. The van der Waals surface area contributed by atoms with Gasteiger partial charge in [-0.25, -0.2) is 8.42 Å². The van der Waals surface area contributed by atoms with Crippen molar-refractivity contribution in [2.24, 2.45) is 0 Å². The average molecular weight is 450 g/mol. The molecule has 1 aliphatic rings. The van der Waals surface area contributed by atoms with Crippen LogP contribution < -0.4 is 14.9 Å². The number of anilines is 3. The van der Waals surface area contributed by atoms with Gasteiger partial charge in [-0.3, -0.25) is 14.3 Å². The summed E-state index contributed by atoms with van der Waals surface area (Å²) in [5, 5.41) is 2.83. The quantitative estimate of drug-likeness (QED) is 0.590. The maximum absolute atomic E-state index is 12.8. The average Bonchev–Trinajstić information content (AvgIpc) is 3.21. The topological polar surface area (TPSA) is 95.6 Å². The van der Waals surface area contributed by atoms with Crippen LogP contribution >= 0.6 is 0 Å². The number of nitrogens with one attached hydrogen (secondary N) is 2. The lowest BCUT2D eigenvalue weighted by atomic mass is 10.1. The Morgan fingerprint density at radius 3 is 2.44 bits per heavy atom. The first-order chi connectivity index (χ1) is 15.3. The molecule has 0 spiro atoms. The first-order valence-electron chi connectivity index (χ1n) is 10.2. The maximum Gasteiger partial charge on any atom is 0.261 e. The van der Waals surface area contributed by atoms with E-state index in [0.29, 0.717) is 24.2 Å². The Morgan fingerprint density at radius 1 is 0.938 bits per heavy atom. The van der Waals surface area contributed by atoms with Crippen molar-refractivity contribution in [3.63, 3.8) is 0 Å². The molecule has 0 unspecified atom stereocenters. The summed E-state index contributed by atoms with van der Waals surface area (Å²) in [6, 6.07) is 19.7. The van der Waals surface area contributed by atoms with Crippen molar-refractivity contribution < 1.29 is 18.0 Å². The highest BCUT2D eigenvalue weighted by Crippen LogP contribution is 2.28. The summed E-state index contributed by atoms with van der Waals surface area (Å²) in [6.07, 6.45) is 1.35. The molecule has 0 aliphatic carbocycles. The van der Waals surface area contributed by atoms with Gasteiger partial charge in [-0.05, 0) is 61.4 Å². The summed E-state index contributed by atoms with van der Waals surface area (Å²) in [5.41, 5.74) is 2.89. The van der Waals surface area contributed by atoms with Crippen molar-refractivity contribution in [3.05, 3.63) is 83.9 Å². The number of benzene rings is 3. The molecule has 0 atom stereocenters.